The van der Waals surface area contributed by atoms with Gasteiger partial charge < -0.3 is 10.1 Å². The number of aryl methyl sites for hydroxylation is 1. The smallest absolute Gasteiger partial charge is 0.166 e. The Hall–Kier alpha value is -1.88. The highest BCUT2D eigenvalue weighted by atomic mass is 19.1. The molecule has 1 aromatic heterocycles. The predicted octanol–water partition coefficient (Wildman–Crippen LogP) is 3.50. The van der Waals surface area contributed by atoms with E-state index in [9.17, 15) is 4.39 Å². The van der Waals surface area contributed by atoms with E-state index in [0.29, 0.717) is 5.75 Å². The standard InChI is InChI=1S/C15H20FN3O/c1-4-17-11(3)12-6-7-15(14(16)8-12)20-13-9-18-19(5-2)10-13/h6-11,17H,4-5H2,1-3H3. The molecule has 2 aromatic rings. The maximum atomic E-state index is 14.0. The van der Waals surface area contributed by atoms with Crippen molar-refractivity contribution in [3.63, 3.8) is 0 Å². The van der Waals surface area contributed by atoms with Gasteiger partial charge in [0.15, 0.2) is 17.3 Å². The van der Waals surface area contributed by atoms with Crippen molar-refractivity contribution in [2.75, 3.05) is 6.54 Å². The zero-order chi connectivity index (χ0) is 14.5. The highest BCUT2D eigenvalue weighted by molar-refractivity contribution is 5.34. The lowest BCUT2D eigenvalue weighted by Crippen LogP contribution is -2.17. The summed E-state index contributed by atoms with van der Waals surface area (Å²) in [7, 11) is 0. The van der Waals surface area contributed by atoms with Crippen molar-refractivity contribution >= 4 is 0 Å². The van der Waals surface area contributed by atoms with E-state index in [-0.39, 0.29) is 17.6 Å². The van der Waals surface area contributed by atoms with Crippen molar-refractivity contribution in [2.24, 2.45) is 0 Å². The number of hydrogen-bond acceptors (Lipinski definition) is 3. The predicted molar refractivity (Wildman–Crippen MR) is 76.5 cm³/mol. The van der Waals surface area contributed by atoms with Crippen molar-refractivity contribution in [3.8, 4) is 11.5 Å². The molecule has 0 aliphatic carbocycles. The van der Waals surface area contributed by atoms with Gasteiger partial charge in [0.05, 0.1) is 12.4 Å². The average molecular weight is 277 g/mol. The zero-order valence-electron chi connectivity index (χ0n) is 12.1. The number of halogens is 1. The second-order valence-electron chi connectivity index (χ2n) is 4.60. The maximum absolute atomic E-state index is 14.0. The van der Waals surface area contributed by atoms with Crippen LogP contribution in [0.15, 0.2) is 30.6 Å². The zero-order valence-corrected chi connectivity index (χ0v) is 12.1. The topological polar surface area (TPSA) is 39.1 Å². The van der Waals surface area contributed by atoms with Gasteiger partial charge in [0, 0.05) is 12.6 Å². The molecule has 0 aliphatic rings. The van der Waals surface area contributed by atoms with Crippen LogP contribution in [0.5, 0.6) is 11.5 Å². The van der Waals surface area contributed by atoms with E-state index in [1.54, 1.807) is 23.1 Å². The van der Waals surface area contributed by atoms with Crippen LogP contribution in [0.1, 0.15) is 32.4 Å². The minimum Gasteiger partial charge on any atom is -0.451 e. The van der Waals surface area contributed by atoms with Crippen molar-refractivity contribution in [2.45, 2.75) is 33.4 Å². The summed E-state index contributed by atoms with van der Waals surface area (Å²) in [6.45, 7) is 7.61. The summed E-state index contributed by atoms with van der Waals surface area (Å²) in [6, 6.07) is 5.15. The molecule has 1 unspecified atom stereocenters. The van der Waals surface area contributed by atoms with E-state index in [1.165, 1.54) is 6.07 Å². The Balaban J connectivity index is 2.13. The molecule has 5 heteroatoms. The van der Waals surface area contributed by atoms with Crippen molar-refractivity contribution < 1.29 is 9.13 Å². The Kier molecular flexibility index (Phi) is 4.74. The van der Waals surface area contributed by atoms with Gasteiger partial charge in [-0.3, -0.25) is 4.68 Å². The molecule has 0 radical (unpaired) electrons. The molecule has 0 spiro atoms. The van der Waals surface area contributed by atoms with E-state index in [2.05, 4.69) is 10.4 Å². The molecular weight excluding hydrogens is 257 g/mol. The molecule has 0 bridgehead atoms. The van der Waals surface area contributed by atoms with Crippen LogP contribution < -0.4 is 10.1 Å². The first-order valence-corrected chi connectivity index (χ1v) is 6.87. The first-order valence-electron chi connectivity index (χ1n) is 6.87. The second kappa shape index (κ2) is 6.52. The molecule has 1 atom stereocenters. The first kappa shape index (κ1) is 14.5. The highest BCUT2D eigenvalue weighted by Gasteiger charge is 2.10. The number of nitrogens with zero attached hydrogens (tertiary/aromatic N) is 2. The maximum Gasteiger partial charge on any atom is 0.166 e. The van der Waals surface area contributed by atoms with Gasteiger partial charge in [-0.2, -0.15) is 5.10 Å². The van der Waals surface area contributed by atoms with Crippen LogP contribution >= 0.6 is 0 Å². The number of aromatic nitrogens is 2. The summed E-state index contributed by atoms with van der Waals surface area (Å²) >= 11 is 0. The number of nitrogens with one attached hydrogen (secondary N) is 1. The third kappa shape index (κ3) is 3.36. The van der Waals surface area contributed by atoms with Crippen LogP contribution in [0.25, 0.3) is 0 Å². The first-order chi connectivity index (χ1) is 9.63. The Bertz CT molecular complexity index is 568. The van der Waals surface area contributed by atoms with Gasteiger partial charge in [-0.15, -0.1) is 0 Å². The molecule has 20 heavy (non-hydrogen) atoms. The molecule has 0 fully saturated rings. The van der Waals surface area contributed by atoms with Crippen molar-refractivity contribution in [1.29, 1.82) is 0 Å². The molecule has 1 heterocycles. The number of ether oxygens (including phenoxy) is 1. The third-order valence-electron chi connectivity index (χ3n) is 3.13. The Labute approximate surface area is 118 Å². The quantitative estimate of drug-likeness (QED) is 0.878. The van der Waals surface area contributed by atoms with E-state index < -0.39 is 0 Å². The number of rotatable bonds is 6. The van der Waals surface area contributed by atoms with Crippen LogP contribution in [-0.2, 0) is 6.54 Å². The lowest BCUT2D eigenvalue weighted by molar-refractivity contribution is 0.439. The van der Waals surface area contributed by atoms with Gasteiger partial charge in [0.2, 0.25) is 0 Å². The molecule has 1 aromatic carbocycles. The van der Waals surface area contributed by atoms with Gasteiger partial charge in [0.25, 0.3) is 0 Å². The normalized spacial score (nSPS) is 12.4. The average Bonchev–Trinajstić information content (AvgIpc) is 2.89. The van der Waals surface area contributed by atoms with Gasteiger partial charge in [-0.05, 0) is 38.1 Å². The van der Waals surface area contributed by atoms with Crippen LogP contribution in [-0.4, -0.2) is 16.3 Å². The Morgan fingerprint density at radius 2 is 2.20 bits per heavy atom. The molecule has 2 rings (SSSR count). The summed E-state index contributed by atoms with van der Waals surface area (Å²) in [5.74, 6) is 0.392. The summed E-state index contributed by atoms with van der Waals surface area (Å²) in [5, 5.41) is 7.34. The fourth-order valence-electron chi connectivity index (χ4n) is 1.99. The van der Waals surface area contributed by atoms with E-state index in [4.69, 9.17) is 4.74 Å². The monoisotopic (exact) mass is 277 g/mol. The lowest BCUT2D eigenvalue weighted by atomic mass is 10.1. The summed E-state index contributed by atoms with van der Waals surface area (Å²) in [4.78, 5) is 0. The number of hydrogen-bond donors (Lipinski definition) is 1. The van der Waals surface area contributed by atoms with Crippen LogP contribution in [0.2, 0.25) is 0 Å². The van der Waals surface area contributed by atoms with Gasteiger partial charge >= 0.3 is 0 Å². The fraction of sp³-hybridized carbons (Fsp3) is 0.400. The SMILES string of the molecule is CCNC(C)c1ccc(Oc2cnn(CC)c2)c(F)c1. The molecule has 0 saturated heterocycles. The minimum absolute atomic E-state index is 0.117. The van der Waals surface area contributed by atoms with E-state index in [1.807, 2.05) is 26.8 Å². The summed E-state index contributed by atoms with van der Waals surface area (Å²) < 4.78 is 21.3. The summed E-state index contributed by atoms with van der Waals surface area (Å²) in [5.41, 5.74) is 0.904. The minimum atomic E-state index is -0.364. The van der Waals surface area contributed by atoms with Gasteiger partial charge in [-0.25, -0.2) is 4.39 Å². The summed E-state index contributed by atoms with van der Waals surface area (Å²) in [6.07, 6.45) is 3.33. The van der Waals surface area contributed by atoms with Gasteiger partial charge in [-0.1, -0.05) is 13.0 Å². The second-order valence-corrected chi connectivity index (χ2v) is 4.60. The van der Waals surface area contributed by atoms with Crippen LogP contribution in [0.3, 0.4) is 0 Å². The number of benzene rings is 1. The molecule has 108 valence electrons. The molecule has 1 N–H and O–H groups in total. The van der Waals surface area contributed by atoms with Crippen LogP contribution in [0, 0.1) is 5.82 Å². The lowest BCUT2D eigenvalue weighted by Gasteiger charge is -2.13. The molecule has 0 aliphatic heterocycles. The van der Waals surface area contributed by atoms with Crippen LogP contribution in [0.4, 0.5) is 4.39 Å². The third-order valence-corrected chi connectivity index (χ3v) is 3.13. The molecule has 0 amide bonds. The highest BCUT2D eigenvalue weighted by Crippen LogP contribution is 2.26. The van der Waals surface area contributed by atoms with E-state index in [0.717, 1.165) is 18.7 Å². The van der Waals surface area contributed by atoms with Crippen molar-refractivity contribution in [3.05, 3.63) is 42.0 Å². The molecule has 4 nitrogen and oxygen atoms in total. The fourth-order valence-corrected chi connectivity index (χ4v) is 1.99. The van der Waals surface area contributed by atoms with E-state index >= 15 is 0 Å². The Morgan fingerprint density at radius 3 is 2.80 bits per heavy atom. The van der Waals surface area contributed by atoms with Crippen molar-refractivity contribution in [1.82, 2.24) is 15.1 Å². The molecule has 0 saturated carbocycles. The van der Waals surface area contributed by atoms with Gasteiger partial charge in [0.1, 0.15) is 0 Å². The molecular formula is C15H20FN3O. The largest absolute Gasteiger partial charge is 0.451 e. The Morgan fingerprint density at radius 1 is 1.40 bits per heavy atom.